The van der Waals surface area contributed by atoms with Crippen LogP contribution in [0.5, 0.6) is 5.75 Å². The summed E-state index contributed by atoms with van der Waals surface area (Å²) in [6, 6.07) is 20.1. The highest BCUT2D eigenvalue weighted by atomic mass is 35.5. The van der Waals surface area contributed by atoms with Crippen molar-refractivity contribution in [1.29, 1.82) is 0 Å². The lowest BCUT2D eigenvalue weighted by molar-refractivity contribution is 0.414. The first kappa shape index (κ1) is 15.7. The van der Waals surface area contributed by atoms with Crippen molar-refractivity contribution in [3.05, 3.63) is 83.1 Å². The monoisotopic (exact) mass is 326 g/mol. The molecule has 0 radical (unpaired) electrons. The molecule has 0 bridgehead atoms. The highest BCUT2D eigenvalue weighted by molar-refractivity contribution is 6.30. The number of rotatable bonds is 6. The Kier molecular flexibility index (Phi) is 5.01. The van der Waals surface area contributed by atoms with E-state index in [2.05, 4.69) is 40.3 Å². The SMILES string of the molecule is COc1ccc(CNCc2cccn2-c2ccc(Cl)cc2)cc1. The zero-order valence-electron chi connectivity index (χ0n) is 13.0. The predicted octanol–water partition coefficient (Wildman–Crippen LogP) is 4.43. The van der Waals surface area contributed by atoms with Gasteiger partial charge < -0.3 is 14.6 Å². The van der Waals surface area contributed by atoms with Crippen molar-refractivity contribution in [3.63, 3.8) is 0 Å². The number of nitrogens with zero attached hydrogens (tertiary/aromatic N) is 1. The van der Waals surface area contributed by atoms with Gasteiger partial charge in [0.2, 0.25) is 0 Å². The first-order valence-electron chi connectivity index (χ1n) is 7.52. The number of methoxy groups -OCH3 is 1. The molecule has 0 atom stereocenters. The van der Waals surface area contributed by atoms with Crippen molar-refractivity contribution in [3.8, 4) is 11.4 Å². The summed E-state index contributed by atoms with van der Waals surface area (Å²) in [5.74, 6) is 0.880. The number of aromatic nitrogens is 1. The Morgan fingerprint density at radius 3 is 2.39 bits per heavy atom. The van der Waals surface area contributed by atoms with Gasteiger partial charge in [-0.2, -0.15) is 0 Å². The maximum absolute atomic E-state index is 5.96. The third kappa shape index (κ3) is 3.95. The van der Waals surface area contributed by atoms with E-state index in [1.54, 1.807) is 7.11 Å². The Hall–Kier alpha value is -2.23. The second-order valence-electron chi connectivity index (χ2n) is 5.30. The third-order valence-corrected chi connectivity index (χ3v) is 3.98. The highest BCUT2D eigenvalue weighted by Crippen LogP contribution is 2.16. The van der Waals surface area contributed by atoms with Gasteiger partial charge in [-0.05, 0) is 54.1 Å². The summed E-state index contributed by atoms with van der Waals surface area (Å²) in [6.07, 6.45) is 2.06. The van der Waals surface area contributed by atoms with Gasteiger partial charge in [0.05, 0.1) is 7.11 Å². The molecule has 4 heteroatoms. The second-order valence-corrected chi connectivity index (χ2v) is 5.73. The van der Waals surface area contributed by atoms with E-state index in [1.165, 1.54) is 11.3 Å². The van der Waals surface area contributed by atoms with E-state index in [9.17, 15) is 0 Å². The molecule has 0 unspecified atom stereocenters. The molecule has 3 nitrogen and oxygen atoms in total. The summed E-state index contributed by atoms with van der Waals surface area (Å²) in [7, 11) is 1.68. The van der Waals surface area contributed by atoms with E-state index in [4.69, 9.17) is 16.3 Å². The molecule has 1 heterocycles. The van der Waals surface area contributed by atoms with Crippen LogP contribution in [0.2, 0.25) is 5.02 Å². The topological polar surface area (TPSA) is 26.2 Å². The molecule has 0 saturated carbocycles. The zero-order chi connectivity index (χ0) is 16.1. The van der Waals surface area contributed by atoms with Crippen LogP contribution in [0.3, 0.4) is 0 Å². The van der Waals surface area contributed by atoms with Gasteiger partial charge in [0.15, 0.2) is 0 Å². The first-order valence-corrected chi connectivity index (χ1v) is 7.90. The van der Waals surface area contributed by atoms with Crippen LogP contribution in [0.1, 0.15) is 11.3 Å². The van der Waals surface area contributed by atoms with E-state index >= 15 is 0 Å². The van der Waals surface area contributed by atoms with Gasteiger partial charge in [-0.25, -0.2) is 0 Å². The summed E-state index contributed by atoms with van der Waals surface area (Å²) in [5, 5.41) is 4.23. The lowest BCUT2D eigenvalue weighted by Crippen LogP contribution is -2.15. The van der Waals surface area contributed by atoms with Crippen molar-refractivity contribution >= 4 is 11.6 Å². The molecular weight excluding hydrogens is 308 g/mol. The standard InChI is InChI=1S/C19H19ClN2O/c1-23-19-10-4-15(5-11-19)13-21-14-18-3-2-12-22(18)17-8-6-16(20)7-9-17/h2-12,21H,13-14H2,1H3. The predicted molar refractivity (Wildman–Crippen MR) is 94.3 cm³/mol. The average Bonchev–Trinajstić information content (AvgIpc) is 3.05. The van der Waals surface area contributed by atoms with Crippen LogP contribution < -0.4 is 10.1 Å². The molecule has 1 aromatic heterocycles. The molecule has 0 amide bonds. The fourth-order valence-corrected chi connectivity index (χ4v) is 2.62. The highest BCUT2D eigenvalue weighted by Gasteiger charge is 2.03. The quantitative estimate of drug-likeness (QED) is 0.725. The molecule has 118 valence electrons. The molecule has 3 rings (SSSR count). The minimum absolute atomic E-state index is 0.750. The van der Waals surface area contributed by atoms with Crippen molar-refractivity contribution < 1.29 is 4.74 Å². The van der Waals surface area contributed by atoms with Crippen molar-refractivity contribution in [1.82, 2.24) is 9.88 Å². The first-order chi connectivity index (χ1) is 11.3. The van der Waals surface area contributed by atoms with Crippen LogP contribution >= 0.6 is 11.6 Å². The van der Waals surface area contributed by atoms with Crippen LogP contribution in [0.15, 0.2) is 66.9 Å². The minimum Gasteiger partial charge on any atom is -0.497 e. The van der Waals surface area contributed by atoms with Gasteiger partial charge in [0, 0.05) is 35.7 Å². The van der Waals surface area contributed by atoms with E-state index < -0.39 is 0 Å². The molecule has 0 spiro atoms. The average molecular weight is 327 g/mol. The fourth-order valence-electron chi connectivity index (χ4n) is 2.49. The molecule has 0 aliphatic carbocycles. The molecular formula is C19H19ClN2O. The third-order valence-electron chi connectivity index (χ3n) is 3.73. The smallest absolute Gasteiger partial charge is 0.118 e. The summed E-state index contributed by atoms with van der Waals surface area (Å²) in [4.78, 5) is 0. The molecule has 3 aromatic rings. The summed E-state index contributed by atoms with van der Waals surface area (Å²) in [6.45, 7) is 1.61. The normalized spacial score (nSPS) is 10.7. The minimum atomic E-state index is 0.750. The molecule has 0 saturated heterocycles. The van der Waals surface area contributed by atoms with Crippen LogP contribution in [-0.2, 0) is 13.1 Å². The van der Waals surface area contributed by atoms with Gasteiger partial charge in [-0.15, -0.1) is 0 Å². The number of halogens is 1. The molecule has 1 N–H and O–H groups in total. The number of hydrogen-bond donors (Lipinski definition) is 1. The Morgan fingerprint density at radius 1 is 0.957 bits per heavy atom. The fraction of sp³-hybridized carbons (Fsp3) is 0.158. The number of hydrogen-bond acceptors (Lipinski definition) is 2. The maximum atomic E-state index is 5.96. The molecule has 2 aromatic carbocycles. The zero-order valence-corrected chi connectivity index (χ0v) is 13.8. The lowest BCUT2D eigenvalue weighted by atomic mass is 10.2. The van der Waals surface area contributed by atoms with Crippen LogP contribution in [0.4, 0.5) is 0 Å². The van der Waals surface area contributed by atoms with Crippen LogP contribution in [0.25, 0.3) is 5.69 Å². The van der Waals surface area contributed by atoms with Gasteiger partial charge >= 0.3 is 0 Å². The summed E-state index contributed by atoms with van der Waals surface area (Å²) in [5.41, 5.74) is 3.55. The molecule has 0 fully saturated rings. The van der Waals surface area contributed by atoms with Crippen molar-refractivity contribution in [2.45, 2.75) is 13.1 Å². The number of ether oxygens (including phenoxy) is 1. The van der Waals surface area contributed by atoms with Gasteiger partial charge in [0.1, 0.15) is 5.75 Å². The van der Waals surface area contributed by atoms with E-state index in [-0.39, 0.29) is 0 Å². The maximum Gasteiger partial charge on any atom is 0.118 e. The number of benzene rings is 2. The Bertz CT molecular complexity index is 748. The van der Waals surface area contributed by atoms with Crippen LogP contribution in [-0.4, -0.2) is 11.7 Å². The van der Waals surface area contributed by atoms with Crippen molar-refractivity contribution in [2.75, 3.05) is 7.11 Å². The Labute approximate surface area is 141 Å². The summed E-state index contributed by atoms with van der Waals surface area (Å²) >= 11 is 5.96. The molecule has 23 heavy (non-hydrogen) atoms. The molecule has 0 aliphatic rings. The number of nitrogens with one attached hydrogen (secondary N) is 1. The van der Waals surface area contributed by atoms with E-state index in [0.29, 0.717) is 0 Å². The van der Waals surface area contributed by atoms with Gasteiger partial charge in [0.25, 0.3) is 0 Å². The summed E-state index contributed by atoms with van der Waals surface area (Å²) < 4.78 is 7.34. The lowest BCUT2D eigenvalue weighted by Gasteiger charge is -2.11. The molecule has 0 aliphatic heterocycles. The van der Waals surface area contributed by atoms with E-state index in [0.717, 1.165) is 29.5 Å². The van der Waals surface area contributed by atoms with Gasteiger partial charge in [-0.3, -0.25) is 0 Å². The Morgan fingerprint density at radius 2 is 1.70 bits per heavy atom. The van der Waals surface area contributed by atoms with Gasteiger partial charge in [-0.1, -0.05) is 23.7 Å². The van der Waals surface area contributed by atoms with Crippen molar-refractivity contribution in [2.24, 2.45) is 0 Å². The largest absolute Gasteiger partial charge is 0.497 e. The second kappa shape index (κ2) is 7.36. The Balaban J connectivity index is 1.62. The van der Waals surface area contributed by atoms with Crippen LogP contribution in [0, 0.1) is 0 Å². The van der Waals surface area contributed by atoms with E-state index in [1.807, 2.05) is 36.4 Å².